The fraction of sp³-hybridized carbons (Fsp3) is 0.926. The highest BCUT2D eigenvalue weighted by molar-refractivity contribution is 7.47. The number of hydrogen-bond acceptors (Lipinski definition) is 15. The normalized spacial score (nSPS) is 14.6. The molecule has 0 bridgehead atoms. The third kappa shape index (κ3) is 49.4. The van der Waals surface area contributed by atoms with Crippen LogP contribution < -0.4 is 0 Å². The van der Waals surface area contributed by atoms with Crippen molar-refractivity contribution in [1.29, 1.82) is 0 Å². The summed E-state index contributed by atoms with van der Waals surface area (Å²) < 4.78 is 67.1. The van der Waals surface area contributed by atoms with Gasteiger partial charge in [-0.3, -0.25) is 37.3 Å². The van der Waals surface area contributed by atoms with Crippen LogP contribution in [0.5, 0.6) is 0 Å². The van der Waals surface area contributed by atoms with Crippen LogP contribution in [-0.4, -0.2) is 96.7 Å². The number of carbonyl (C=O) groups excluding carboxylic acids is 4. The molecule has 0 aliphatic rings. The van der Waals surface area contributed by atoms with Gasteiger partial charge in [0.1, 0.15) is 19.3 Å². The van der Waals surface area contributed by atoms with Gasteiger partial charge in [0, 0.05) is 25.7 Å². The highest BCUT2D eigenvalue weighted by Gasteiger charge is 2.30. The number of hydrogen-bond donors (Lipinski definition) is 3. The second-order valence-corrected chi connectivity index (χ2v) is 23.5. The minimum atomic E-state index is -4.93. The van der Waals surface area contributed by atoms with Crippen molar-refractivity contribution in [3.63, 3.8) is 0 Å². The van der Waals surface area contributed by atoms with Crippen molar-refractivity contribution in [1.82, 2.24) is 0 Å². The first-order chi connectivity index (χ1) is 34.9. The third-order valence-corrected chi connectivity index (χ3v) is 14.1. The fourth-order valence-corrected chi connectivity index (χ4v) is 9.34. The van der Waals surface area contributed by atoms with E-state index < -0.39 is 97.5 Å². The molecule has 2 unspecified atom stereocenters. The molecule has 0 spiro atoms. The van der Waals surface area contributed by atoms with Gasteiger partial charge >= 0.3 is 39.5 Å². The minimum Gasteiger partial charge on any atom is -0.462 e. The summed E-state index contributed by atoms with van der Waals surface area (Å²) in [7, 11) is -9.85. The average molecular weight is 1090 g/mol. The lowest BCUT2D eigenvalue weighted by Crippen LogP contribution is -2.30. The van der Waals surface area contributed by atoms with Crippen molar-refractivity contribution in [3.8, 4) is 0 Å². The topological polar surface area (TPSA) is 237 Å². The Morgan fingerprint density at radius 3 is 0.932 bits per heavy atom. The molecular formula is C54H104O17P2. The zero-order valence-corrected chi connectivity index (χ0v) is 48.2. The number of phosphoric ester groups is 2. The van der Waals surface area contributed by atoms with Crippen LogP contribution in [0.1, 0.15) is 253 Å². The predicted octanol–water partition coefficient (Wildman–Crippen LogP) is 13.7. The number of ether oxygens (including phenoxy) is 4. The summed E-state index contributed by atoms with van der Waals surface area (Å²) in [5.74, 6) is -0.709. The van der Waals surface area contributed by atoms with Crippen LogP contribution in [0, 0.1) is 11.8 Å². The highest BCUT2D eigenvalue weighted by atomic mass is 31.2. The first kappa shape index (κ1) is 71.1. The molecule has 0 rings (SSSR count). The van der Waals surface area contributed by atoms with Crippen molar-refractivity contribution >= 4 is 39.5 Å². The lowest BCUT2D eigenvalue weighted by atomic mass is 10.0. The van der Waals surface area contributed by atoms with Gasteiger partial charge < -0.3 is 33.8 Å². The molecular weight excluding hydrogens is 983 g/mol. The fourth-order valence-electron chi connectivity index (χ4n) is 7.76. The molecule has 0 aliphatic carbocycles. The Morgan fingerprint density at radius 1 is 0.370 bits per heavy atom. The van der Waals surface area contributed by atoms with Crippen molar-refractivity contribution < 1.29 is 80.2 Å². The number of aliphatic hydroxyl groups is 1. The molecule has 0 heterocycles. The van der Waals surface area contributed by atoms with Crippen LogP contribution in [0.3, 0.4) is 0 Å². The van der Waals surface area contributed by atoms with Gasteiger partial charge in [-0.05, 0) is 37.5 Å². The van der Waals surface area contributed by atoms with E-state index in [1.54, 1.807) is 0 Å². The van der Waals surface area contributed by atoms with Gasteiger partial charge in [0.2, 0.25) is 0 Å². The largest absolute Gasteiger partial charge is 0.472 e. The Bertz CT molecular complexity index is 1460. The first-order valence-electron chi connectivity index (χ1n) is 28.5. The SMILES string of the molecule is CCCCCCCC(=O)OC[C@H](COP(=O)(O)OC[C@H](O)COP(=O)(O)OC[C@@H](COC(=O)CCCCCCCCCCC(C)C)OC(=O)CCCCCCCCCCCC(C)C)OC(=O)CCCCCCC. The van der Waals surface area contributed by atoms with E-state index in [1.807, 2.05) is 0 Å². The summed E-state index contributed by atoms with van der Waals surface area (Å²) in [6.07, 6.45) is 26.1. The number of phosphoric acid groups is 2. The van der Waals surface area contributed by atoms with Gasteiger partial charge in [0.25, 0.3) is 0 Å². The van der Waals surface area contributed by atoms with Crippen molar-refractivity contribution in [2.24, 2.45) is 11.8 Å². The van der Waals surface area contributed by atoms with Gasteiger partial charge in [-0.2, -0.15) is 0 Å². The van der Waals surface area contributed by atoms with Crippen molar-refractivity contribution in [2.75, 3.05) is 39.6 Å². The van der Waals surface area contributed by atoms with E-state index in [4.69, 9.17) is 37.0 Å². The average Bonchev–Trinajstić information content (AvgIpc) is 3.33. The standard InChI is InChI=1S/C54H104O17P2/c1-7-9-11-22-30-36-51(56)64-42-49(70-53(58)38-32-23-12-10-8-2)44-68-72(60,61)66-40-48(55)41-67-73(62,63)69-45-50(43-65-52(57)37-31-26-20-17-16-19-25-29-35-47(5)6)71-54(59)39-33-27-21-15-13-14-18-24-28-34-46(3)4/h46-50,55H,7-45H2,1-6H3,(H,60,61)(H,62,63)/t48-,49+,50+/m0/s1. The summed E-state index contributed by atoms with van der Waals surface area (Å²) in [5.41, 5.74) is 0. The molecule has 0 aromatic carbocycles. The molecule has 0 aliphatic heterocycles. The molecule has 432 valence electrons. The lowest BCUT2D eigenvalue weighted by molar-refractivity contribution is -0.161. The highest BCUT2D eigenvalue weighted by Crippen LogP contribution is 2.45. The Morgan fingerprint density at radius 2 is 0.630 bits per heavy atom. The van der Waals surface area contributed by atoms with Gasteiger partial charge in [-0.15, -0.1) is 0 Å². The van der Waals surface area contributed by atoms with Crippen LogP contribution >= 0.6 is 15.6 Å². The van der Waals surface area contributed by atoms with Gasteiger partial charge in [0.05, 0.1) is 26.4 Å². The monoisotopic (exact) mass is 1090 g/mol. The smallest absolute Gasteiger partial charge is 0.462 e. The predicted molar refractivity (Wildman–Crippen MR) is 285 cm³/mol. The third-order valence-electron chi connectivity index (χ3n) is 12.2. The zero-order valence-electron chi connectivity index (χ0n) is 46.4. The van der Waals surface area contributed by atoms with Crippen molar-refractivity contribution in [2.45, 2.75) is 272 Å². The van der Waals surface area contributed by atoms with Crippen molar-refractivity contribution in [3.05, 3.63) is 0 Å². The summed E-state index contributed by atoms with van der Waals surface area (Å²) in [6, 6.07) is 0. The number of esters is 4. The van der Waals surface area contributed by atoms with Crippen LogP contribution in [0.25, 0.3) is 0 Å². The van der Waals surface area contributed by atoms with Gasteiger partial charge in [-0.1, -0.05) is 202 Å². The summed E-state index contributed by atoms with van der Waals surface area (Å²) in [5, 5.41) is 10.4. The second-order valence-electron chi connectivity index (χ2n) is 20.6. The Kier molecular flexibility index (Phi) is 46.0. The van der Waals surface area contributed by atoms with E-state index >= 15 is 0 Å². The number of aliphatic hydroxyl groups excluding tert-OH is 1. The van der Waals surface area contributed by atoms with E-state index in [2.05, 4.69) is 41.5 Å². The Balaban J connectivity index is 5.15. The van der Waals surface area contributed by atoms with Crippen LogP contribution in [0.4, 0.5) is 0 Å². The molecule has 17 nitrogen and oxygen atoms in total. The molecule has 0 radical (unpaired) electrons. The van der Waals surface area contributed by atoms with E-state index in [0.29, 0.717) is 25.7 Å². The molecule has 5 atom stereocenters. The van der Waals surface area contributed by atoms with E-state index in [1.165, 1.54) is 64.2 Å². The Labute approximate surface area is 441 Å². The molecule has 0 aromatic rings. The quantitative estimate of drug-likeness (QED) is 0.0222. The maximum absolute atomic E-state index is 12.9. The van der Waals surface area contributed by atoms with Crippen LogP contribution in [-0.2, 0) is 65.4 Å². The van der Waals surface area contributed by atoms with E-state index in [-0.39, 0.29) is 25.7 Å². The van der Waals surface area contributed by atoms with E-state index in [9.17, 15) is 43.2 Å². The molecule has 0 saturated carbocycles. The van der Waals surface area contributed by atoms with Gasteiger partial charge in [0.15, 0.2) is 12.2 Å². The maximum Gasteiger partial charge on any atom is 0.472 e. The zero-order chi connectivity index (χ0) is 54.4. The first-order valence-corrected chi connectivity index (χ1v) is 31.5. The maximum atomic E-state index is 12.9. The van der Waals surface area contributed by atoms with E-state index in [0.717, 1.165) is 108 Å². The minimum absolute atomic E-state index is 0.0982. The second kappa shape index (κ2) is 47.3. The summed E-state index contributed by atoms with van der Waals surface area (Å²) in [6.45, 7) is 9.17. The molecule has 0 aromatic heterocycles. The van der Waals surface area contributed by atoms with Crippen LogP contribution in [0.15, 0.2) is 0 Å². The summed E-state index contributed by atoms with van der Waals surface area (Å²) in [4.78, 5) is 71.2. The number of carbonyl (C=O) groups is 4. The lowest BCUT2D eigenvalue weighted by Gasteiger charge is -2.21. The molecule has 0 amide bonds. The number of unbranched alkanes of at least 4 members (excludes halogenated alkanes) is 23. The van der Waals surface area contributed by atoms with Crippen LogP contribution in [0.2, 0.25) is 0 Å². The molecule has 19 heteroatoms. The van der Waals surface area contributed by atoms with Gasteiger partial charge in [-0.25, -0.2) is 9.13 Å². The number of rotatable bonds is 53. The molecule has 0 saturated heterocycles. The molecule has 0 fully saturated rings. The molecule has 73 heavy (non-hydrogen) atoms. The Hall–Kier alpha value is -1.94. The summed E-state index contributed by atoms with van der Waals surface area (Å²) >= 11 is 0. The molecule has 3 N–H and O–H groups in total.